The molecule has 2 atom stereocenters. The molecule has 3 N–H and O–H groups in total. The van der Waals surface area contributed by atoms with Gasteiger partial charge >= 0.3 is 5.97 Å². The summed E-state index contributed by atoms with van der Waals surface area (Å²) in [6.07, 6.45) is 1.52. The van der Waals surface area contributed by atoms with Crippen LogP contribution in [0.25, 0.3) is 0 Å². The van der Waals surface area contributed by atoms with E-state index in [1.165, 1.54) is 0 Å². The topological polar surface area (TPSA) is 80.4 Å². The molecule has 0 saturated carbocycles. The summed E-state index contributed by atoms with van der Waals surface area (Å²) in [7, 11) is 0. The van der Waals surface area contributed by atoms with Gasteiger partial charge in [0.25, 0.3) is 0 Å². The Morgan fingerprint density at radius 2 is 1.80 bits per heavy atom. The van der Waals surface area contributed by atoms with Crippen LogP contribution in [0.3, 0.4) is 0 Å². The third-order valence-corrected chi connectivity index (χ3v) is 2.57. The molecule has 15 heavy (non-hydrogen) atoms. The van der Waals surface area contributed by atoms with Crippen molar-refractivity contribution in [3.8, 4) is 0 Å². The summed E-state index contributed by atoms with van der Waals surface area (Å²) in [5, 5.41) is 8.64. The maximum absolute atomic E-state index is 11.5. The molecule has 4 heteroatoms. The average Bonchev–Trinajstić information content (AvgIpc) is 2.15. The van der Waals surface area contributed by atoms with Crippen molar-refractivity contribution in [2.45, 2.75) is 46.1 Å². The van der Waals surface area contributed by atoms with Gasteiger partial charge in [0.05, 0.1) is 12.0 Å². The fourth-order valence-corrected chi connectivity index (χ4v) is 1.24. The van der Waals surface area contributed by atoms with Crippen molar-refractivity contribution in [3.63, 3.8) is 0 Å². The normalized spacial score (nSPS) is 15.0. The van der Waals surface area contributed by atoms with Crippen LogP contribution < -0.4 is 5.73 Å². The molecular weight excluding hydrogens is 194 g/mol. The number of hydrogen-bond acceptors (Lipinski definition) is 3. The molecule has 0 aromatic heterocycles. The average molecular weight is 215 g/mol. The Bertz CT molecular complexity index is 226. The highest BCUT2D eigenvalue weighted by Gasteiger charge is 2.17. The lowest BCUT2D eigenvalue weighted by molar-refractivity contribution is -0.141. The highest BCUT2D eigenvalue weighted by atomic mass is 16.4. The Kier molecular flexibility index (Phi) is 6.17. The molecule has 0 aliphatic carbocycles. The molecule has 0 fully saturated rings. The first-order valence-electron chi connectivity index (χ1n) is 5.37. The van der Waals surface area contributed by atoms with Crippen molar-refractivity contribution in [2.24, 2.45) is 17.6 Å². The van der Waals surface area contributed by atoms with Gasteiger partial charge in [0, 0.05) is 6.42 Å². The number of carbonyl (C=O) groups is 2. The van der Waals surface area contributed by atoms with Crippen molar-refractivity contribution < 1.29 is 14.7 Å². The van der Waals surface area contributed by atoms with Gasteiger partial charge in [-0.3, -0.25) is 9.59 Å². The van der Waals surface area contributed by atoms with Crippen molar-refractivity contribution in [2.75, 3.05) is 0 Å². The number of rotatable bonds is 7. The number of carbonyl (C=O) groups excluding carboxylic acids is 1. The Hall–Kier alpha value is -0.900. The minimum Gasteiger partial charge on any atom is -0.481 e. The first-order valence-corrected chi connectivity index (χ1v) is 5.37. The van der Waals surface area contributed by atoms with Crippen LogP contribution in [0, 0.1) is 11.8 Å². The molecular formula is C11H21NO3. The summed E-state index contributed by atoms with van der Waals surface area (Å²) < 4.78 is 0. The van der Waals surface area contributed by atoms with E-state index in [0.717, 1.165) is 0 Å². The minimum absolute atomic E-state index is 0.0302. The number of nitrogens with two attached hydrogens (primary N) is 1. The lowest BCUT2D eigenvalue weighted by Crippen LogP contribution is -2.35. The zero-order valence-corrected chi connectivity index (χ0v) is 9.69. The van der Waals surface area contributed by atoms with E-state index in [1.54, 1.807) is 6.92 Å². The van der Waals surface area contributed by atoms with Crippen LogP contribution in [-0.4, -0.2) is 22.9 Å². The summed E-state index contributed by atoms with van der Waals surface area (Å²) in [5.74, 6) is -1.01. The predicted octanol–water partition coefficient (Wildman–Crippen LogP) is 1.43. The van der Waals surface area contributed by atoms with Gasteiger partial charge in [0.15, 0.2) is 0 Å². The van der Waals surface area contributed by atoms with Gasteiger partial charge in [-0.1, -0.05) is 20.8 Å². The van der Waals surface area contributed by atoms with E-state index in [1.807, 2.05) is 13.8 Å². The second-order valence-electron chi connectivity index (χ2n) is 4.37. The zero-order chi connectivity index (χ0) is 12.0. The highest BCUT2D eigenvalue weighted by Crippen LogP contribution is 2.10. The molecule has 0 radical (unpaired) electrons. The maximum Gasteiger partial charge on any atom is 0.306 e. The van der Waals surface area contributed by atoms with E-state index < -0.39 is 12.0 Å². The standard InChI is InChI=1S/C11H21NO3/c1-7(2)10(12)9(13)6-4-5-8(3)11(14)15/h7-8,10H,4-6,12H2,1-3H3,(H,14,15). The molecule has 2 unspecified atom stereocenters. The zero-order valence-electron chi connectivity index (χ0n) is 9.69. The van der Waals surface area contributed by atoms with Crippen molar-refractivity contribution >= 4 is 11.8 Å². The van der Waals surface area contributed by atoms with Crippen LogP contribution in [0.2, 0.25) is 0 Å². The van der Waals surface area contributed by atoms with E-state index in [2.05, 4.69) is 0 Å². The summed E-state index contributed by atoms with van der Waals surface area (Å²) >= 11 is 0. The van der Waals surface area contributed by atoms with Crippen molar-refractivity contribution in [1.82, 2.24) is 0 Å². The third kappa shape index (κ3) is 5.52. The monoisotopic (exact) mass is 215 g/mol. The molecule has 0 bridgehead atoms. The molecule has 0 aliphatic rings. The Balaban J connectivity index is 3.78. The number of aliphatic carboxylic acids is 1. The maximum atomic E-state index is 11.5. The number of ketones is 1. The molecule has 0 aliphatic heterocycles. The van der Waals surface area contributed by atoms with Crippen molar-refractivity contribution in [1.29, 1.82) is 0 Å². The van der Waals surface area contributed by atoms with Gasteiger partial charge in [0.1, 0.15) is 5.78 Å². The lowest BCUT2D eigenvalue weighted by Gasteiger charge is -2.14. The van der Waals surface area contributed by atoms with Gasteiger partial charge in [-0.05, 0) is 18.8 Å². The van der Waals surface area contributed by atoms with Crippen LogP contribution >= 0.6 is 0 Å². The van der Waals surface area contributed by atoms with Crippen molar-refractivity contribution in [3.05, 3.63) is 0 Å². The summed E-state index contributed by atoms with van der Waals surface area (Å²) in [6, 6.07) is -0.412. The first-order chi connectivity index (χ1) is 6.86. The third-order valence-electron chi connectivity index (χ3n) is 2.57. The van der Waals surface area contributed by atoms with Gasteiger partial charge in [-0.15, -0.1) is 0 Å². The van der Waals surface area contributed by atoms with E-state index in [9.17, 15) is 9.59 Å². The fraction of sp³-hybridized carbons (Fsp3) is 0.818. The van der Waals surface area contributed by atoms with Crippen LogP contribution in [-0.2, 0) is 9.59 Å². The van der Waals surface area contributed by atoms with Crippen LogP contribution in [0.5, 0.6) is 0 Å². The van der Waals surface area contributed by atoms with E-state index in [0.29, 0.717) is 19.3 Å². The van der Waals surface area contributed by atoms with E-state index in [4.69, 9.17) is 10.8 Å². The molecule has 0 saturated heterocycles. The fourth-order valence-electron chi connectivity index (χ4n) is 1.24. The SMILES string of the molecule is CC(CCCC(=O)C(N)C(C)C)C(=O)O. The van der Waals surface area contributed by atoms with Gasteiger partial charge in [-0.2, -0.15) is 0 Å². The second-order valence-corrected chi connectivity index (χ2v) is 4.37. The Labute approximate surface area is 90.8 Å². The molecule has 0 rings (SSSR count). The van der Waals surface area contributed by atoms with Crippen LogP contribution in [0.4, 0.5) is 0 Å². The van der Waals surface area contributed by atoms with E-state index in [-0.39, 0.29) is 17.6 Å². The number of carboxylic acid groups (broad SMARTS) is 1. The van der Waals surface area contributed by atoms with E-state index >= 15 is 0 Å². The first kappa shape index (κ1) is 14.1. The Morgan fingerprint density at radius 1 is 1.27 bits per heavy atom. The molecule has 0 aromatic rings. The summed E-state index contributed by atoms with van der Waals surface area (Å²) in [6.45, 7) is 5.46. The second kappa shape index (κ2) is 6.56. The molecule has 4 nitrogen and oxygen atoms in total. The smallest absolute Gasteiger partial charge is 0.306 e. The highest BCUT2D eigenvalue weighted by molar-refractivity contribution is 5.84. The summed E-state index contributed by atoms with van der Waals surface area (Å²) in [4.78, 5) is 22.0. The number of hydrogen-bond donors (Lipinski definition) is 2. The van der Waals surface area contributed by atoms with Gasteiger partial charge in [0.2, 0.25) is 0 Å². The molecule has 0 aromatic carbocycles. The van der Waals surface area contributed by atoms with Gasteiger partial charge < -0.3 is 10.8 Å². The summed E-state index contributed by atoms with van der Waals surface area (Å²) in [5.41, 5.74) is 5.67. The van der Waals surface area contributed by atoms with Gasteiger partial charge in [-0.25, -0.2) is 0 Å². The number of carboxylic acids is 1. The largest absolute Gasteiger partial charge is 0.481 e. The van der Waals surface area contributed by atoms with Crippen LogP contribution in [0.1, 0.15) is 40.0 Å². The minimum atomic E-state index is -0.810. The molecule has 0 spiro atoms. The Morgan fingerprint density at radius 3 is 2.20 bits per heavy atom. The van der Waals surface area contributed by atoms with Crippen LogP contribution in [0.15, 0.2) is 0 Å². The molecule has 0 heterocycles. The molecule has 88 valence electrons. The molecule has 0 amide bonds. The quantitative estimate of drug-likeness (QED) is 0.673. The number of Topliss-reactive ketones (excluding diaryl/α,β-unsaturated/α-hetero) is 1. The lowest BCUT2D eigenvalue weighted by atomic mass is 9.95. The predicted molar refractivity (Wildman–Crippen MR) is 58.5 cm³/mol.